The first-order valence-electron chi connectivity index (χ1n) is 9.44. The number of rotatable bonds is 4. The summed E-state index contributed by atoms with van der Waals surface area (Å²) in [7, 11) is 1.96. The van der Waals surface area contributed by atoms with Gasteiger partial charge in [-0.3, -0.25) is 9.36 Å². The fourth-order valence-electron chi connectivity index (χ4n) is 4.00. The van der Waals surface area contributed by atoms with E-state index in [0.717, 1.165) is 47.1 Å². The number of hydrogen-bond acceptors (Lipinski definition) is 4. The molecule has 0 aliphatic heterocycles. The molecule has 4 aromatic heterocycles. The Morgan fingerprint density at radius 3 is 2.70 bits per heavy atom. The lowest BCUT2D eigenvalue weighted by atomic mass is 10.1. The van der Waals surface area contributed by atoms with E-state index in [9.17, 15) is 0 Å². The predicted octanol–water partition coefficient (Wildman–Crippen LogP) is 3.23. The fraction of sp³-hybridized carbons (Fsp3) is 0.400. The molecule has 7 nitrogen and oxygen atoms in total. The summed E-state index contributed by atoms with van der Waals surface area (Å²) in [6, 6.07) is 6.31. The van der Waals surface area contributed by atoms with Crippen LogP contribution in [0.4, 0.5) is 0 Å². The van der Waals surface area contributed by atoms with Gasteiger partial charge in [-0.25, -0.2) is 9.50 Å². The van der Waals surface area contributed by atoms with Gasteiger partial charge in [-0.1, -0.05) is 0 Å². The van der Waals surface area contributed by atoms with Crippen molar-refractivity contribution in [1.29, 1.82) is 0 Å². The molecular formula is C20H23N7. The Balaban J connectivity index is 1.51. The molecule has 2 atom stereocenters. The molecule has 2 unspecified atom stereocenters. The molecule has 0 spiro atoms. The van der Waals surface area contributed by atoms with Crippen LogP contribution in [0.3, 0.4) is 0 Å². The number of nitrogens with zero attached hydrogens (tertiary/aromatic N) is 7. The maximum absolute atomic E-state index is 4.88. The Bertz CT molecular complexity index is 1150. The Kier molecular flexibility index (Phi) is 3.47. The minimum absolute atomic E-state index is 0.472. The van der Waals surface area contributed by atoms with E-state index in [-0.39, 0.29) is 0 Å². The highest BCUT2D eigenvalue weighted by atomic mass is 15.3. The summed E-state index contributed by atoms with van der Waals surface area (Å²) in [5.74, 6) is 0.999. The van der Waals surface area contributed by atoms with Gasteiger partial charge >= 0.3 is 0 Å². The van der Waals surface area contributed by atoms with Crippen molar-refractivity contribution in [2.24, 2.45) is 7.05 Å². The van der Waals surface area contributed by atoms with Crippen LogP contribution in [0.15, 0.2) is 30.6 Å². The molecule has 7 heteroatoms. The first kappa shape index (κ1) is 16.2. The van der Waals surface area contributed by atoms with Gasteiger partial charge in [-0.15, -0.1) is 0 Å². The van der Waals surface area contributed by atoms with Gasteiger partial charge in [-0.05, 0) is 50.8 Å². The van der Waals surface area contributed by atoms with Crippen LogP contribution < -0.4 is 0 Å². The van der Waals surface area contributed by atoms with Crippen LogP contribution in [0, 0.1) is 13.8 Å². The molecule has 5 rings (SSSR count). The second kappa shape index (κ2) is 5.77. The molecule has 4 heterocycles. The lowest BCUT2D eigenvalue weighted by Gasteiger charge is -2.00. The largest absolute Gasteiger partial charge is 0.276 e. The van der Waals surface area contributed by atoms with Crippen LogP contribution in [0.1, 0.15) is 47.8 Å². The monoisotopic (exact) mass is 361 g/mol. The SMILES string of the molecule is CCn1nc(C2CC2c2cnn(C)c2)cc1-c1cc2nc(C)cc(C)n2n1. The quantitative estimate of drug-likeness (QED) is 0.560. The van der Waals surface area contributed by atoms with Gasteiger partial charge in [0.05, 0.1) is 17.6 Å². The summed E-state index contributed by atoms with van der Waals surface area (Å²) in [5.41, 5.74) is 7.42. The average molecular weight is 361 g/mol. The molecule has 0 aromatic carbocycles. The van der Waals surface area contributed by atoms with E-state index < -0.39 is 0 Å². The molecular weight excluding hydrogens is 338 g/mol. The fourth-order valence-corrected chi connectivity index (χ4v) is 4.00. The molecule has 0 amide bonds. The number of aryl methyl sites for hydroxylation is 4. The van der Waals surface area contributed by atoms with Crippen LogP contribution in [-0.4, -0.2) is 34.2 Å². The van der Waals surface area contributed by atoms with Crippen LogP contribution in [0.2, 0.25) is 0 Å². The second-order valence-electron chi connectivity index (χ2n) is 7.50. The summed E-state index contributed by atoms with van der Waals surface area (Å²) < 4.78 is 5.83. The predicted molar refractivity (Wildman–Crippen MR) is 103 cm³/mol. The normalized spacial score (nSPS) is 19.1. The first-order valence-corrected chi connectivity index (χ1v) is 9.44. The van der Waals surface area contributed by atoms with E-state index >= 15 is 0 Å². The molecule has 27 heavy (non-hydrogen) atoms. The van der Waals surface area contributed by atoms with Crippen LogP contribution in [-0.2, 0) is 13.6 Å². The van der Waals surface area contributed by atoms with Crippen molar-refractivity contribution in [3.8, 4) is 11.4 Å². The summed E-state index contributed by atoms with van der Waals surface area (Å²) in [6.07, 6.45) is 5.22. The van der Waals surface area contributed by atoms with Gasteiger partial charge < -0.3 is 0 Å². The van der Waals surface area contributed by atoms with Gasteiger partial charge in [0.1, 0.15) is 5.69 Å². The van der Waals surface area contributed by atoms with Crippen molar-refractivity contribution in [1.82, 2.24) is 34.2 Å². The summed E-state index contributed by atoms with van der Waals surface area (Å²) in [4.78, 5) is 4.61. The standard InChI is InChI=1S/C20H23N7/c1-5-26-19(18-9-20-22-12(2)6-13(3)27(20)24-18)8-17(23-26)16-7-15(16)14-10-21-25(4)11-14/h6,8-11,15-16H,5,7H2,1-4H3. The summed E-state index contributed by atoms with van der Waals surface area (Å²) in [5, 5.41) is 14.0. The highest BCUT2D eigenvalue weighted by molar-refractivity contribution is 5.62. The molecule has 1 aliphatic rings. The van der Waals surface area contributed by atoms with E-state index in [4.69, 9.17) is 10.2 Å². The zero-order chi connectivity index (χ0) is 18.7. The van der Waals surface area contributed by atoms with Crippen LogP contribution in [0.25, 0.3) is 17.0 Å². The Morgan fingerprint density at radius 2 is 1.96 bits per heavy atom. The van der Waals surface area contributed by atoms with Gasteiger partial charge in [-0.2, -0.15) is 15.3 Å². The van der Waals surface area contributed by atoms with Crippen molar-refractivity contribution in [2.75, 3.05) is 0 Å². The van der Waals surface area contributed by atoms with Crippen LogP contribution >= 0.6 is 0 Å². The van der Waals surface area contributed by atoms with E-state index in [2.05, 4.69) is 53.0 Å². The van der Waals surface area contributed by atoms with Crippen molar-refractivity contribution in [2.45, 2.75) is 45.6 Å². The molecule has 138 valence electrons. The van der Waals surface area contributed by atoms with E-state index in [1.54, 1.807) is 0 Å². The number of fused-ring (bicyclic) bond motifs is 1. The maximum Gasteiger partial charge on any atom is 0.156 e. The summed E-state index contributed by atoms with van der Waals surface area (Å²) in [6.45, 7) is 7.01. The van der Waals surface area contributed by atoms with E-state index in [0.29, 0.717) is 11.8 Å². The third kappa shape index (κ3) is 2.65. The Labute approximate surface area is 157 Å². The Hall–Kier alpha value is -2.96. The van der Waals surface area contributed by atoms with Gasteiger partial charge in [0, 0.05) is 43.2 Å². The summed E-state index contributed by atoms with van der Waals surface area (Å²) >= 11 is 0. The highest BCUT2D eigenvalue weighted by Gasteiger charge is 2.42. The highest BCUT2D eigenvalue weighted by Crippen LogP contribution is 2.54. The third-order valence-corrected chi connectivity index (χ3v) is 5.42. The van der Waals surface area contributed by atoms with Crippen molar-refractivity contribution < 1.29 is 0 Å². The molecule has 1 saturated carbocycles. The van der Waals surface area contributed by atoms with Crippen molar-refractivity contribution in [3.05, 3.63) is 53.2 Å². The Morgan fingerprint density at radius 1 is 1.11 bits per heavy atom. The van der Waals surface area contributed by atoms with Gasteiger partial charge in [0.2, 0.25) is 0 Å². The minimum Gasteiger partial charge on any atom is -0.276 e. The van der Waals surface area contributed by atoms with Crippen molar-refractivity contribution >= 4 is 5.65 Å². The average Bonchev–Trinajstić information content (AvgIpc) is 2.98. The van der Waals surface area contributed by atoms with Gasteiger partial charge in [0.25, 0.3) is 0 Å². The van der Waals surface area contributed by atoms with E-state index in [1.807, 2.05) is 29.4 Å². The molecule has 4 aromatic rings. The maximum atomic E-state index is 4.88. The topological polar surface area (TPSA) is 65.8 Å². The molecule has 1 aliphatic carbocycles. The molecule has 0 bridgehead atoms. The smallest absolute Gasteiger partial charge is 0.156 e. The lowest BCUT2D eigenvalue weighted by Crippen LogP contribution is -2.00. The zero-order valence-electron chi connectivity index (χ0n) is 16.1. The van der Waals surface area contributed by atoms with Gasteiger partial charge in [0.15, 0.2) is 5.65 Å². The third-order valence-electron chi connectivity index (χ3n) is 5.42. The first-order chi connectivity index (χ1) is 13.0. The van der Waals surface area contributed by atoms with E-state index in [1.165, 1.54) is 5.56 Å². The zero-order valence-corrected chi connectivity index (χ0v) is 16.1. The minimum atomic E-state index is 0.472. The molecule has 0 saturated heterocycles. The second-order valence-corrected chi connectivity index (χ2v) is 7.50. The number of hydrogen-bond donors (Lipinski definition) is 0. The molecule has 0 N–H and O–H groups in total. The van der Waals surface area contributed by atoms with Crippen molar-refractivity contribution in [3.63, 3.8) is 0 Å². The number of aromatic nitrogens is 7. The lowest BCUT2D eigenvalue weighted by molar-refractivity contribution is 0.650. The molecule has 1 fully saturated rings. The van der Waals surface area contributed by atoms with Crippen LogP contribution in [0.5, 0.6) is 0 Å². The molecule has 0 radical (unpaired) electrons.